The molecule has 1 aliphatic rings. The van der Waals surface area contributed by atoms with Crippen molar-refractivity contribution in [1.82, 2.24) is 9.80 Å². The van der Waals surface area contributed by atoms with E-state index in [1.165, 1.54) is 0 Å². The normalized spacial score (nSPS) is 25.5. The number of hydrogen-bond acceptors (Lipinski definition) is 3. The number of nitrogens with zero attached hydrogens (tertiary/aromatic N) is 3. The zero-order valence-electron chi connectivity index (χ0n) is 10.8. The van der Waals surface area contributed by atoms with E-state index in [0.29, 0.717) is 18.0 Å². The molecule has 1 fully saturated rings. The standard InChI is InChI=1S/C11H24N4O/c1-9(7-13-11(12)14(3)4)15-5-6-16-8-10(15)2/h9-10H,5-8H2,1-4H3,(H2,12,13)/t9-,10+/m1/s1. The van der Waals surface area contributed by atoms with Crippen molar-refractivity contribution in [2.75, 3.05) is 40.4 Å². The van der Waals surface area contributed by atoms with Gasteiger partial charge in [-0.15, -0.1) is 0 Å². The summed E-state index contributed by atoms with van der Waals surface area (Å²) in [5.41, 5.74) is 5.76. The highest BCUT2D eigenvalue weighted by molar-refractivity contribution is 5.77. The summed E-state index contributed by atoms with van der Waals surface area (Å²) in [4.78, 5) is 8.63. The third-order valence-corrected chi connectivity index (χ3v) is 2.96. The zero-order valence-corrected chi connectivity index (χ0v) is 10.8. The minimum Gasteiger partial charge on any atom is -0.379 e. The van der Waals surface area contributed by atoms with Gasteiger partial charge in [-0.1, -0.05) is 0 Å². The van der Waals surface area contributed by atoms with Crippen LogP contribution < -0.4 is 5.73 Å². The van der Waals surface area contributed by atoms with E-state index in [9.17, 15) is 0 Å². The third kappa shape index (κ3) is 3.64. The highest BCUT2D eigenvalue weighted by Crippen LogP contribution is 2.10. The molecule has 0 aliphatic carbocycles. The largest absolute Gasteiger partial charge is 0.379 e. The topological polar surface area (TPSA) is 54.1 Å². The molecule has 0 saturated carbocycles. The SMILES string of the molecule is C[C@H](CN=C(N)N(C)C)N1CCOC[C@@H]1C. The second-order valence-electron chi connectivity index (χ2n) is 4.60. The monoisotopic (exact) mass is 228 g/mol. The Morgan fingerprint density at radius 1 is 1.62 bits per heavy atom. The summed E-state index contributed by atoms with van der Waals surface area (Å²) >= 11 is 0. The first-order valence-corrected chi connectivity index (χ1v) is 5.83. The van der Waals surface area contributed by atoms with Gasteiger partial charge < -0.3 is 15.4 Å². The number of ether oxygens (including phenoxy) is 1. The van der Waals surface area contributed by atoms with E-state index in [-0.39, 0.29) is 0 Å². The van der Waals surface area contributed by atoms with Crippen LogP contribution in [-0.2, 0) is 4.74 Å². The van der Waals surface area contributed by atoms with Gasteiger partial charge >= 0.3 is 0 Å². The van der Waals surface area contributed by atoms with Crippen LogP contribution in [-0.4, -0.2) is 68.2 Å². The van der Waals surface area contributed by atoms with Crippen molar-refractivity contribution in [2.45, 2.75) is 25.9 Å². The predicted molar refractivity (Wildman–Crippen MR) is 66.6 cm³/mol. The van der Waals surface area contributed by atoms with Gasteiger partial charge in [0.1, 0.15) is 0 Å². The Morgan fingerprint density at radius 2 is 2.31 bits per heavy atom. The third-order valence-electron chi connectivity index (χ3n) is 2.96. The maximum absolute atomic E-state index is 5.76. The first kappa shape index (κ1) is 13.3. The van der Waals surface area contributed by atoms with Gasteiger partial charge in [-0.25, -0.2) is 0 Å². The molecule has 1 saturated heterocycles. The van der Waals surface area contributed by atoms with Crippen molar-refractivity contribution in [3.63, 3.8) is 0 Å². The molecular formula is C11H24N4O. The molecule has 5 heteroatoms. The Labute approximate surface area is 98.3 Å². The molecule has 1 aliphatic heterocycles. The van der Waals surface area contributed by atoms with Crippen LogP contribution >= 0.6 is 0 Å². The fourth-order valence-corrected chi connectivity index (χ4v) is 1.87. The lowest BCUT2D eigenvalue weighted by Crippen LogP contribution is -2.49. The highest BCUT2D eigenvalue weighted by atomic mass is 16.5. The van der Waals surface area contributed by atoms with E-state index >= 15 is 0 Å². The Morgan fingerprint density at radius 3 is 2.88 bits per heavy atom. The Hall–Kier alpha value is -0.810. The summed E-state index contributed by atoms with van der Waals surface area (Å²) in [6, 6.07) is 0.886. The summed E-state index contributed by atoms with van der Waals surface area (Å²) < 4.78 is 5.42. The van der Waals surface area contributed by atoms with Gasteiger partial charge in [-0.05, 0) is 13.8 Å². The molecule has 0 bridgehead atoms. The zero-order chi connectivity index (χ0) is 12.1. The predicted octanol–water partition coefficient (Wildman–Crippen LogP) is -0.0281. The first-order valence-electron chi connectivity index (χ1n) is 5.83. The van der Waals surface area contributed by atoms with Crippen molar-refractivity contribution in [2.24, 2.45) is 10.7 Å². The van der Waals surface area contributed by atoms with E-state index in [1.807, 2.05) is 19.0 Å². The quantitative estimate of drug-likeness (QED) is 0.544. The molecular weight excluding hydrogens is 204 g/mol. The van der Waals surface area contributed by atoms with Crippen LogP contribution in [0.15, 0.2) is 4.99 Å². The second kappa shape index (κ2) is 6.06. The number of rotatable bonds is 3. The fourth-order valence-electron chi connectivity index (χ4n) is 1.87. The average molecular weight is 228 g/mol. The Balaban J connectivity index is 2.44. The minimum atomic E-state index is 0.414. The first-order chi connectivity index (χ1) is 7.52. The lowest BCUT2D eigenvalue weighted by molar-refractivity contribution is -0.0166. The Bertz CT molecular complexity index is 242. The summed E-state index contributed by atoms with van der Waals surface area (Å²) in [6.07, 6.45) is 0. The molecule has 1 heterocycles. The van der Waals surface area contributed by atoms with Gasteiger partial charge in [0.15, 0.2) is 5.96 Å². The molecule has 2 N–H and O–H groups in total. The molecule has 0 radical (unpaired) electrons. The van der Waals surface area contributed by atoms with Crippen molar-refractivity contribution in [3.05, 3.63) is 0 Å². The summed E-state index contributed by atoms with van der Waals surface area (Å²) in [7, 11) is 3.81. The van der Waals surface area contributed by atoms with Gasteiger partial charge in [0.2, 0.25) is 0 Å². The average Bonchev–Trinajstić information content (AvgIpc) is 2.25. The van der Waals surface area contributed by atoms with Crippen molar-refractivity contribution in [3.8, 4) is 0 Å². The molecule has 0 spiro atoms. The van der Waals surface area contributed by atoms with Crippen LogP contribution in [0.4, 0.5) is 0 Å². The van der Waals surface area contributed by atoms with E-state index in [4.69, 9.17) is 10.5 Å². The summed E-state index contributed by atoms with van der Waals surface area (Å²) in [5, 5.41) is 0. The van der Waals surface area contributed by atoms with Gasteiger partial charge in [0, 0.05) is 32.7 Å². The number of hydrogen-bond donors (Lipinski definition) is 1. The van der Waals surface area contributed by atoms with Crippen LogP contribution in [0.25, 0.3) is 0 Å². The van der Waals surface area contributed by atoms with Crippen molar-refractivity contribution < 1.29 is 4.74 Å². The molecule has 0 amide bonds. The van der Waals surface area contributed by atoms with Gasteiger partial charge in [-0.2, -0.15) is 0 Å². The van der Waals surface area contributed by atoms with E-state index in [1.54, 1.807) is 0 Å². The molecule has 0 aromatic carbocycles. The number of aliphatic imine (C=N–C) groups is 1. The fraction of sp³-hybridized carbons (Fsp3) is 0.909. The highest BCUT2D eigenvalue weighted by Gasteiger charge is 2.23. The maximum Gasteiger partial charge on any atom is 0.190 e. The van der Waals surface area contributed by atoms with Crippen LogP contribution in [0.1, 0.15) is 13.8 Å². The molecule has 16 heavy (non-hydrogen) atoms. The molecule has 0 aromatic rings. The van der Waals surface area contributed by atoms with Crippen LogP contribution in [0.5, 0.6) is 0 Å². The molecule has 5 nitrogen and oxygen atoms in total. The smallest absolute Gasteiger partial charge is 0.190 e. The maximum atomic E-state index is 5.76. The number of morpholine rings is 1. The number of guanidine groups is 1. The van der Waals surface area contributed by atoms with E-state index in [0.717, 1.165) is 26.3 Å². The molecule has 0 unspecified atom stereocenters. The second-order valence-corrected chi connectivity index (χ2v) is 4.60. The van der Waals surface area contributed by atoms with Crippen LogP contribution in [0, 0.1) is 0 Å². The van der Waals surface area contributed by atoms with Gasteiger partial charge in [0.25, 0.3) is 0 Å². The van der Waals surface area contributed by atoms with E-state index in [2.05, 4.69) is 23.7 Å². The summed E-state index contributed by atoms with van der Waals surface area (Å²) in [5.74, 6) is 0.591. The molecule has 0 aromatic heterocycles. The lowest BCUT2D eigenvalue weighted by Gasteiger charge is -2.37. The summed E-state index contributed by atoms with van der Waals surface area (Å²) in [6.45, 7) is 7.75. The lowest BCUT2D eigenvalue weighted by atomic mass is 10.2. The molecule has 94 valence electrons. The molecule has 1 rings (SSSR count). The van der Waals surface area contributed by atoms with Crippen molar-refractivity contribution in [1.29, 1.82) is 0 Å². The van der Waals surface area contributed by atoms with Crippen LogP contribution in [0.2, 0.25) is 0 Å². The van der Waals surface area contributed by atoms with Gasteiger partial charge in [0.05, 0.1) is 19.8 Å². The number of nitrogens with two attached hydrogens (primary N) is 1. The minimum absolute atomic E-state index is 0.414. The van der Waals surface area contributed by atoms with Crippen molar-refractivity contribution >= 4 is 5.96 Å². The van der Waals surface area contributed by atoms with Crippen LogP contribution in [0.3, 0.4) is 0 Å². The molecule has 2 atom stereocenters. The van der Waals surface area contributed by atoms with Gasteiger partial charge in [-0.3, -0.25) is 9.89 Å². The Kier molecular flexibility index (Phi) is 5.02. The van der Waals surface area contributed by atoms with E-state index < -0.39 is 0 Å².